The van der Waals surface area contributed by atoms with Gasteiger partial charge in [0, 0.05) is 35.8 Å². The van der Waals surface area contributed by atoms with Crippen molar-refractivity contribution in [2.75, 3.05) is 5.32 Å². The summed E-state index contributed by atoms with van der Waals surface area (Å²) < 4.78 is 0.880. The number of nitrogens with one attached hydrogen (secondary N) is 1. The third kappa shape index (κ3) is 2.81. The molecule has 1 atom stereocenters. The van der Waals surface area contributed by atoms with Gasteiger partial charge in [0.15, 0.2) is 5.78 Å². The maximum absolute atomic E-state index is 13.3. The zero-order valence-corrected chi connectivity index (χ0v) is 15.2. The van der Waals surface area contributed by atoms with Crippen molar-refractivity contribution in [3.05, 3.63) is 58.9 Å². The van der Waals surface area contributed by atoms with E-state index < -0.39 is 0 Å². The Morgan fingerprint density at radius 2 is 2.19 bits per heavy atom. The molecule has 0 aliphatic heterocycles. The molecule has 1 unspecified atom stereocenters. The summed E-state index contributed by atoms with van der Waals surface area (Å²) in [6.07, 6.45) is 5.55. The number of aromatic nitrogens is 1. The van der Waals surface area contributed by atoms with Crippen molar-refractivity contribution >= 4 is 38.1 Å². The topological polar surface area (TPSA) is 85.1 Å². The number of ketones is 1. The highest BCUT2D eigenvalue weighted by Crippen LogP contribution is 2.38. The molecule has 0 saturated heterocycles. The number of nitrogens with zero attached hydrogens (tertiary/aromatic N) is 1. The molecule has 26 heavy (non-hydrogen) atoms. The average Bonchev–Trinajstić information content (AvgIpc) is 3.21. The normalized spacial score (nSPS) is 15.8. The zero-order chi connectivity index (χ0) is 18.3. The summed E-state index contributed by atoms with van der Waals surface area (Å²) in [5.41, 5.74) is 9.53. The van der Waals surface area contributed by atoms with Crippen LogP contribution in [0, 0.1) is 0 Å². The van der Waals surface area contributed by atoms with Crippen LogP contribution in [0.1, 0.15) is 52.9 Å². The first-order valence-electron chi connectivity index (χ1n) is 8.68. The second kappa shape index (κ2) is 6.63. The average molecular weight is 365 g/mol. The van der Waals surface area contributed by atoms with Crippen molar-refractivity contribution in [3.63, 3.8) is 0 Å². The first kappa shape index (κ1) is 16.9. The van der Waals surface area contributed by atoms with Crippen molar-refractivity contribution in [1.29, 1.82) is 0 Å². The Balaban J connectivity index is 1.81. The third-order valence-electron chi connectivity index (χ3n) is 4.82. The molecule has 2 aromatic heterocycles. The summed E-state index contributed by atoms with van der Waals surface area (Å²) in [7, 11) is 0. The number of benzene rings is 1. The molecule has 3 aromatic rings. The Morgan fingerprint density at radius 1 is 1.35 bits per heavy atom. The molecular weight excluding hydrogens is 346 g/mol. The largest absolute Gasteiger partial charge is 0.324 e. The van der Waals surface area contributed by atoms with Crippen molar-refractivity contribution in [3.8, 4) is 0 Å². The number of hydrogen-bond donors (Lipinski definition) is 2. The van der Waals surface area contributed by atoms with Crippen LogP contribution in [0.3, 0.4) is 0 Å². The Hall–Kier alpha value is -2.57. The summed E-state index contributed by atoms with van der Waals surface area (Å²) in [6, 6.07) is 7.62. The van der Waals surface area contributed by atoms with Gasteiger partial charge < -0.3 is 11.1 Å². The molecule has 1 aliphatic rings. The van der Waals surface area contributed by atoms with E-state index in [1.807, 2.05) is 24.3 Å². The lowest BCUT2D eigenvalue weighted by Crippen LogP contribution is -2.12. The highest BCUT2D eigenvalue weighted by atomic mass is 32.1. The Bertz CT molecular complexity index is 1030. The van der Waals surface area contributed by atoms with E-state index in [2.05, 4.69) is 10.3 Å². The van der Waals surface area contributed by atoms with Gasteiger partial charge in [-0.05, 0) is 36.1 Å². The number of carbonyl (C=O) groups excluding carboxylic acids is 2. The molecule has 1 aromatic carbocycles. The fraction of sp³-hybridized carbons (Fsp3) is 0.250. The molecule has 1 amide bonds. The van der Waals surface area contributed by atoms with Gasteiger partial charge >= 0.3 is 0 Å². The van der Waals surface area contributed by atoms with Crippen LogP contribution < -0.4 is 11.1 Å². The predicted octanol–water partition coefficient (Wildman–Crippen LogP) is 3.82. The number of amides is 1. The minimum Gasteiger partial charge on any atom is -0.324 e. The van der Waals surface area contributed by atoms with Gasteiger partial charge in [-0.15, -0.1) is 11.3 Å². The molecule has 1 aliphatic carbocycles. The van der Waals surface area contributed by atoms with E-state index in [-0.39, 0.29) is 17.7 Å². The van der Waals surface area contributed by atoms with Crippen LogP contribution in [-0.4, -0.2) is 16.7 Å². The molecule has 3 N–H and O–H groups in total. The summed E-state index contributed by atoms with van der Waals surface area (Å²) in [4.78, 5) is 29.3. The first-order chi connectivity index (χ1) is 12.6. The fourth-order valence-corrected chi connectivity index (χ4v) is 4.50. The van der Waals surface area contributed by atoms with E-state index in [1.54, 1.807) is 19.3 Å². The maximum Gasteiger partial charge on any atom is 0.224 e. The number of carbonyl (C=O) groups is 2. The first-order valence-corrected chi connectivity index (χ1v) is 9.49. The Morgan fingerprint density at radius 3 is 3.00 bits per heavy atom. The Labute approximate surface area is 155 Å². The minimum absolute atomic E-state index is 0.0570. The molecule has 0 spiro atoms. The summed E-state index contributed by atoms with van der Waals surface area (Å²) in [6.45, 7) is 1.79. The number of aryl methyl sites for hydroxylation is 1. The molecule has 0 saturated carbocycles. The van der Waals surface area contributed by atoms with E-state index >= 15 is 0 Å². The summed E-state index contributed by atoms with van der Waals surface area (Å²) in [5.74, 6) is -0.199. The number of fused-ring (bicyclic) bond motifs is 2. The second-order valence-electron chi connectivity index (χ2n) is 6.47. The van der Waals surface area contributed by atoms with Crippen LogP contribution in [0.2, 0.25) is 0 Å². The molecule has 2 heterocycles. The van der Waals surface area contributed by atoms with Crippen LogP contribution in [-0.2, 0) is 11.2 Å². The van der Waals surface area contributed by atoms with Crippen LogP contribution in [0.15, 0.2) is 36.7 Å². The summed E-state index contributed by atoms with van der Waals surface area (Å²) in [5, 5.41) is 4.27. The maximum atomic E-state index is 13.3. The van der Waals surface area contributed by atoms with Crippen LogP contribution in [0.25, 0.3) is 10.1 Å². The van der Waals surface area contributed by atoms with E-state index in [0.29, 0.717) is 22.5 Å². The lowest BCUT2D eigenvalue weighted by Gasteiger charge is -2.08. The van der Waals surface area contributed by atoms with E-state index in [0.717, 1.165) is 34.1 Å². The van der Waals surface area contributed by atoms with Crippen molar-refractivity contribution in [2.45, 2.75) is 32.2 Å². The van der Waals surface area contributed by atoms with Crippen LogP contribution in [0.4, 0.5) is 5.00 Å². The lowest BCUT2D eigenvalue weighted by atomic mass is 9.98. The smallest absolute Gasteiger partial charge is 0.224 e. The number of thiophene rings is 1. The molecule has 0 radical (unpaired) electrons. The lowest BCUT2D eigenvalue weighted by molar-refractivity contribution is -0.115. The number of anilines is 1. The zero-order valence-electron chi connectivity index (χ0n) is 14.4. The molecule has 5 nitrogen and oxygen atoms in total. The Kier molecular flexibility index (Phi) is 4.30. The monoisotopic (exact) mass is 365 g/mol. The molecular formula is C20H19N3O2S. The van der Waals surface area contributed by atoms with E-state index in [1.165, 1.54) is 11.3 Å². The molecule has 0 bridgehead atoms. The van der Waals surface area contributed by atoms with Gasteiger partial charge in [0.05, 0.1) is 10.3 Å². The molecule has 132 valence electrons. The number of rotatable bonds is 4. The van der Waals surface area contributed by atoms with Crippen LogP contribution >= 0.6 is 11.3 Å². The van der Waals surface area contributed by atoms with Gasteiger partial charge in [-0.3, -0.25) is 14.6 Å². The highest BCUT2D eigenvalue weighted by molar-refractivity contribution is 7.23. The number of nitrogens with two attached hydrogens (primary N) is 1. The number of hydrogen-bond acceptors (Lipinski definition) is 5. The molecule has 0 fully saturated rings. The van der Waals surface area contributed by atoms with Crippen LogP contribution in [0.5, 0.6) is 0 Å². The SMILES string of the molecule is CCC(=O)Nc1sc2cnccc2c1C(=O)c1ccc2c(c1)CCC2N. The van der Waals surface area contributed by atoms with Crippen molar-refractivity contribution in [2.24, 2.45) is 5.73 Å². The van der Waals surface area contributed by atoms with Gasteiger partial charge in [0.25, 0.3) is 0 Å². The predicted molar refractivity (Wildman–Crippen MR) is 104 cm³/mol. The highest BCUT2D eigenvalue weighted by Gasteiger charge is 2.24. The second-order valence-corrected chi connectivity index (χ2v) is 7.52. The third-order valence-corrected chi connectivity index (χ3v) is 5.88. The van der Waals surface area contributed by atoms with Gasteiger partial charge in [-0.1, -0.05) is 19.1 Å². The van der Waals surface area contributed by atoms with Gasteiger partial charge in [-0.2, -0.15) is 0 Å². The van der Waals surface area contributed by atoms with Gasteiger partial charge in [0.1, 0.15) is 5.00 Å². The molecule has 6 heteroatoms. The fourth-order valence-electron chi connectivity index (χ4n) is 3.42. The van der Waals surface area contributed by atoms with Crippen molar-refractivity contribution < 1.29 is 9.59 Å². The quantitative estimate of drug-likeness (QED) is 0.688. The summed E-state index contributed by atoms with van der Waals surface area (Å²) >= 11 is 1.38. The number of pyridine rings is 1. The van der Waals surface area contributed by atoms with Gasteiger partial charge in [0.2, 0.25) is 5.91 Å². The van der Waals surface area contributed by atoms with Gasteiger partial charge in [-0.25, -0.2) is 0 Å². The molecule has 4 rings (SSSR count). The van der Waals surface area contributed by atoms with E-state index in [4.69, 9.17) is 5.73 Å². The minimum atomic E-state index is -0.113. The van der Waals surface area contributed by atoms with Crippen molar-refractivity contribution in [1.82, 2.24) is 4.98 Å². The van der Waals surface area contributed by atoms with E-state index in [9.17, 15) is 9.59 Å². The standard InChI is InChI=1S/C20H19N3O2S/c1-2-17(24)23-20-18(14-7-8-22-10-16(14)26-20)19(25)12-3-5-13-11(9-12)4-6-15(13)21/h3,5,7-10,15H,2,4,6,21H2,1H3,(H,23,24).